The van der Waals surface area contributed by atoms with E-state index in [0.29, 0.717) is 39.1 Å². The van der Waals surface area contributed by atoms with Crippen molar-refractivity contribution < 1.29 is 4.74 Å². The third-order valence-electron chi connectivity index (χ3n) is 12.7. The Morgan fingerprint density at radius 2 is 1.65 bits per heavy atom. The van der Waals surface area contributed by atoms with Crippen molar-refractivity contribution in [3.8, 4) is 0 Å². The van der Waals surface area contributed by atoms with Gasteiger partial charge in [0.05, 0.1) is 12.7 Å². The predicted molar refractivity (Wildman–Crippen MR) is 129 cm³/mol. The molecule has 1 heterocycles. The van der Waals surface area contributed by atoms with E-state index >= 15 is 0 Å². The molecule has 172 valence electrons. The number of hydrogen-bond acceptors (Lipinski definition) is 1. The number of hydrogen-bond donors (Lipinski definition) is 0. The SMILES string of the molecule is CC(C)C1=C2CC[C@]3(C)[C@H](CC[C@@H]4[C@@H]5[C@H]6OC[C@@]5(CCC6(C)C)CC[C@]43C)[C@@]2(C)C=C1. The Bertz CT molecular complexity index is 862. The largest absolute Gasteiger partial charge is 0.377 e. The quantitative estimate of drug-likeness (QED) is 0.416. The number of fused-ring (bicyclic) bond motifs is 5. The Kier molecular flexibility index (Phi) is 4.14. The Labute approximate surface area is 191 Å². The molecule has 0 aromatic heterocycles. The lowest BCUT2D eigenvalue weighted by molar-refractivity contribution is -0.201. The fourth-order valence-electron chi connectivity index (χ4n) is 10.7. The van der Waals surface area contributed by atoms with E-state index < -0.39 is 0 Å². The van der Waals surface area contributed by atoms with Crippen molar-refractivity contribution in [1.29, 1.82) is 0 Å². The van der Waals surface area contributed by atoms with Crippen LogP contribution in [0.25, 0.3) is 0 Å². The Hall–Kier alpha value is -0.560. The summed E-state index contributed by atoms with van der Waals surface area (Å²) in [4.78, 5) is 0. The van der Waals surface area contributed by atoms with Crippen molar-refractivity contribution in [3.05, 3.63) is 23.3 Å². The van der Waals surface area contributed by atoms with E-state index in [0.717, 1.165) is 24.4 Å². The molecule has 5 fully saturated rings. The summed E-state index contributed by atoms with van der Waals surface area (Å²) in [5.41, 5.74) is 5.56. The van der Waals surface area contributed by atoms with E-state index in [1.54, 1.807) is 11.1 Å². The van der Waals surface area contributed by atoms with Crippen LogP contribution in [0.3, 0.4) is 0 Å². The molecule has 0 aromatic carbocycles. The van der Waals surface area contributed by atoms with Gasteiger partial charge in [-0.25, -0.2) is 0 Å². The molecular formula is C30H46O. The molecule has 31 heavy (non-hydrogen) atoms. The normalized spacial score (nSPS) is 54.5. The zero-order valence-corrected chi connectivity index (χ0v) is 21.3. The van der Waals surface area contributed by atoms with Gasteiger partial charge in [0.2, 0.25) is 0 Å². The standard InChI is InChI=1S/C30H46O/c1-19(2)20-10-12-27(5)21(20)11-13-29(7)23(27)9-8-22-24-25-26(3,4)14-16-30(24,18-31-25)17-15-28(22,29)6/h10,12,19,22-25H,8-9,11,13-18H2,1-7H3/t22-,23-,24-,25-,27+,28-,29-,30-/m1/s1. The molecule has 0 amide bonds. The number of ether oxygens (including phenoxy) is 1. The van der Waals surface area contributed by atoms with Gasteiger partial charge in [-0.15, -0.1) is 0 Å². The maximum absolute atomic E-state index is 6.70. The van der Waals surface area contributed by atoms with E-state index in [1.807, 2.05) is 0 Å². The van der Waals surface area contributed by atoms with Crippen molar-refractivity contribution in [2.75, 3.05) is 6.61 Å². The zero-order valence-electron chi connectivity index (χ0n) is 21.3. The molecule has 0 unspecified atom stereocenters. The molecule has 1 nitrogen and oxygen atoms in total. The average molecular weight is 423 g/mol. The fraction of sp³-hybridized carbons (Fsp3) is 0.867. The average Bonchev–Trinajstić information content (AvgIpc) is 3.22. The molecular weight excluding hydrogens is 376 g/mol. The highest BCUT2D eigenvalue weighted by Crippen LogP contribution is 2.76. The zero-order chi connectivity index (χ0) is 22.0. The number of allylic oxidation sites excluding steroid dienone is 4. The van der Waals surface area contributed by atoms with E-state index in [2.05, 4.69) is 60.6 Å². The monoisotopic (exact) mass is 422 g/mol. The Balaban J connectivity index is 1.41. The third kappa shape index (κ3) is 2.33. The second-order valence-electron chi connectivity index (χ2n) is 14.4. The molecule has 0 aromatic rings. The highest BCUT2D eigenvalue weighted by atomic mass is 16.5. The molecule has 1 aliphatic heterocycles. The maximum atomic E-state index is 6.70. The molecule has 1 heteroatoms. The smallest absolute Gasteiger partial charge is 0.0663 e. The highest BCUT2D eigenvalue weighted by Gasteiger charge is 2.71. The third-order valence-corrected chi connectivity index (χ3v) is 12.7. The minimum atomic E-state index is 0.303. The van der Waals surface area contributed by atoms with E-state index in [9.17, 15) is 0 Å². The van der Waals surface area contributed by atoms with Gasteiger partial charge in [-0.3, -0.25) is 0 Å². The molecule has 0 N–H and O–H groups in total. The van der Waals surface area contributed by atoms with Crippen LogP contribution < -0.4 is 0 Å². The summed E-state index contributed by atoms with van der Waals surface area (Å²) in [7, 11) is 0. The molecule has 0 radical (unpaired) electrons. The van der Waals surface area contributed by atoms with Gasteiger partial charge in [-0.1, -0.05) is 66.2 Å². The van der Waals surface area contributed by atoms with Crippen LogP contribution >= 0.6 is 0 Å². The van der Waals surface area contributed by atoms with E-state index in [-0.39, 0.29) is 0 Å². The van der Waals surface area contributed by atoms with Crippen molar-refractivity contribution in [1.82, 2.24) is 0 Å². The topological polar surface area (TPSA) is 9.23 Å². The Morgan fingerprint density at radius 3 is 2.39 bits per heavy atom. The molecule has 5 aliphatic carbocycles. The highest BCUT2D eigenvalue weighted by molar-refractivity contribution is 5.45. The van der Waals surface area contributed by atoms with Gasteiger partial charge in [0.25, 0.3) is 0 Å². The van der Waals surface area contributed by atoms with Gasteiger partial charge in [0.1, 0.15) is 0 Å². The lowest BCUT2D eigenvalue weighted by Gasteiger charge is -2.70. The minimum Gasteiger partial charge on any atom is -0.377 e. The summed E-state index contributed by atoms with van der Waals surface area (Å²) < 4.78 is 6.70. The first-order valence-electron chi connectivity index (χ1n) is 13.5. The first-order chi connectivity index (χ1) is 14.5. The van der Waals surface area contributed by atoms with Gasteiger partial charge in [-0.2, -0.15) is 0 Å². The fourth-order valence-corrected chi connectivity index (χ4v) is 10.7. The molecule has 1 saturated heterocycles. The molecule has 0 spiro atoms. The molecule has 6 aliphatic rings. The first-order valence-corrected chi connectivity index (χ1v) is 13.5. The summed E-state index contributed by atoms with van der Waals surface area (Å²) in [6, 6.07) is 0. The molecule has 8 atom stereocenters. The second-order valence-corrected chi connectivity index (χ2v) is 14.4. The van der Waals surface area contributed by atoms with E-state index in [4.69, 9.17) is 4.74 Å². The summed E-state index contributed by atoms with van der Waals surface area (Å²) in [5, 5.41) is 0. The molecule has 4 saturated carbocycles. The van der Waals surface area contributed by atoms with Gasteiger partial charge in [-0.05, 0) is 102 Å². The first kappa shape index (κ1) is 21.0. The van der Waals surface area contributed by atoms with Crippen LogP contribution in [0.4, 0.5) is 0 Å². The van der Waals surface area contributed by atoms with Gasteiger partial charge in [0, 0.05) is 5.41 Å². The van der Waals surface area contributed by atoms with Crippen LogP contribution in [-0.2, 0) is 4.74 Å². The van der Waals surface area contributed by atoms with Crippen LogP contribution in [0.5, 0.6) is 0 Å². The summed E-state index contributed by atoms with van der Waals surface area (Å²) in [5.74, 6) is 3.14. The van der Waals surface area contributed by atoms with Gasteiger partial charge in [0.15, 0.2) is 0 Å². The summed E-state index contributed by atoms with van der Waals surface area (Å²) >= 11 is 0. The van der Waals surface area contributed by atoms with Crippen LogP contribution in [0.15, 0.2) is 23.3 Å². The lowest BCUT2D eigenvalue weighted by Crippen LogP contribution is -2.64. The molecule has 2 bridgehead atoms. The predicted octanol–water partition coefficient (Wildman–Crippen LogP) is 7.96. The van der Waals surface area contributed by atoms with Crippen LogP contribution in [-0.4, -0.2) is 12.7 Å². The van der Waals surface area contributed by atoms with Crippen molar-refractivity contribution in [3.63, 3.8) is 0 Å². The summed E-state index contributed by atoms with van der Waals surface area (Å²) in [6.45, 7) is 18.9. The lowest BCUT2D eigenvalue weighted by atomic mass is 9.34. The van der Waals surface area contributed by atoms with Crippen molar-refractivity contribution in [2.45, 2.75) is 106 Å². The van der Waals surface area contributed by atoms with Crippen LogP contribution in [0, 0.1) is 50.7 Å². The van der Waals surface area contributed by atoms with Gasteiger partial charge < -0.3 is 4.74 Å². The summed E-state index contributed by atoms with van der Waals surface area (Å²) in [6.07, 6.45) is 16.9. The van der Waals surface area contributed by atoms with Gasteiger partial charge >= 0.3 is 0 Å². The van der Waals surface area contributed by atoms with Crippen LogP contribution in [0.2, 0.25) is 0 Å². The van der Waals surface area contributed by atoms with Crippen molar-refractivity contribution in [2.24, 2.45) is 50.7 Å². The maximum Gasteiger partial charge on any atom is 0.0663 e. The minimum absolute atomic E-state index is 0.303. The molecule has 6 rings (SSSR count). The van der Waals surface area contributed by atoms with Crippen molar-refractivity contribution >= 4 is 0 Å². The second kappa shape index (κ2) is 6.11. The Morgan fingerprint density at radius 1 is 0.903 bits per heavy atom. The van der Waals surface area contributed by atoms with Crippen LogP contribution in [0.1, 0.15) is 99.8 Å². The van der Waals surface area contributed by atoms with E-state index in [1.165, 1.54) is 51.4 Å². The number of rotatable bonds is 1.